The predicted molar refractivity (Wildman–Crippen MR) is 117 cm³/mol. The zero-order valence-electron chi connectivity index (χ0n) is 16.4. The Balaban J connectivity index is 1.82. The van der Waals surface area contributed by atoms with Gasteiger partial charge < -0.3 is 9.47 Å². The summed E-state index contributed by atoms with van der Waals surface area (Å²) in [5, 5.41) is 2.70. The van der Waals surface area contributed by atoms with Crippen LogP contribution < -0.4 is 10.3 Å². The Morgan fingerprint density at radius 3 is 2.48 bits per heavy atom. The first-order chi connectivity index (χ1) is 14.2. The Hall–Kier alpha value is -2.96. The van der Waals surface area contributed by atoms with Crippen molar-refractivity contribution in [3.8, 4) is 16.9 Å². The van der Waals surface area contributed by atoms with Crippen LogP contribution in [0.25, 0.3) is 21.3 Å². The lowest BCUT2D eigenvalue weighted by Gasteiger charge is -2.13. The van der Waals surface area contributed by atoms with Crippen LogP contribution in [-0.4, -0.2) is 30.4 Å². The molecular formula is C23H22N2O3S. The summed E-state index contributed by atoms with van der Waals surface area (Å²) in [5.74, 6) is 1.55. The highest BCUT2D eigenvalue weighted by molar-refractivity contribution is 7.17. The van der Waals surface area contributed by atoms with Crippen LogP contribution in [0.3, 0.4) is 0 Å². The molecule has 148 valence electrons. The van der Waals surface area contributed by atoms with Crippen LogP contribution in [0, 0.1) is 0 Å². The number of hydrogen-bond acceptors (Lipinski definition) is 5. The molecule has 2 aromatic heterocycles. The first-order valence-electron chi connectivity index (χ1n) is 9.39. The zero-order valence-corrected chi connectivity index (χ0v) is 17.2. The second-order valence-electron chi connectivity index (χ2n) is 6.70. The van der Waals surface area contributed by atoms with Gasteiger partial charge in [0.2, 0.25) is 0 Å². The second kappa shape index (κ2) is 8.59. The Morgan fingerprint density at radius 1 is 1.03 bits per heavy atom. The smallest absolute Gasteiger partial charge is 0.262 e. The molecule has 0 saturated carbocycles. The Bertz CT molecular complexity index is 1160. The summed E-state index contributed by atoms with van der Waals surface area (Å²) >= 11 is 1.51. The van der Waals surface area contributed by atoms with Crippen LogP contribution in [0.1, 0.15) is 11.4 Å². The zero-order chi connectivity index (χ0) is 20.2. The van der Waals surface area contributed by atoms with Crippen LogP contribution in [0.4, 0.5) is 0 Å². The molecule has 0 aliphatic rings. The van der Waals surface area contributed by atoms with Crippen LogP contribution in [-0.2, 0) is 17.7 Å². The molecule has 0 fully saturated rings. The fourth-order valence-corrected chi connectivity index (χ4v) is 4.33. The Labute approximate surface area is 173 Å². The minimum absolute atomic E-state index is 0.0179. The summed E-state index contributed by atoms with van der Waals surface area (Å²) < 4.78 is 12.2. The Kier molecular flexibility index (Phi) is 5.74. The fraction of sp³-hybridized carbons (Fsp3) is 0.217. The minimum atomic E-state index is -0.0179. The van der Waals surface area contributed by atoms with Gasteiger partial charge in [0.15, 0.2) is 0 Å². The van der Waals surface area contributed by atoms with Gasteiger partial charge in [0.05, 0.1) is 25.6 Å². The van der Waals surface area contributed by atoms with Gasteiger partial charge in [-0.15, -0.1) is 11.3 Å². The third-order valence-corrected chi connectivity index (χ3v) is 5.77. The van der Waals surface area contributed by atoms with Gasteiger partial charge >= 0.3 is 0 Å². The lowest BCUT2D eigenvalue weighted by molar-refractivity contribution is 0.185. The van der Waals surface area contributed by atoms with E-state index in [0.717, 1.165) is 33.1 Å². The van der Waals surface area contributed by atoms with Crippen molar-refractivity contribution in [3.63, 3.8) is 0 Å². The lowest BCUT2D eigenvalue weighted by atomic mass is 10.1. The van der Waals surface area contributed by atoms with E-state index in [1.807, 2.05) is 60.0 Å². The molecule has 2 heterocycles. The summed E-state index contributed by atoms with van der Waals surface area (Å²) in [6.45, 7) is 0.918. The highest BCUT2D eigenvalue weighted by Gasteiger charge is 2.17. The molecule has 5 nitrogen and oxygen atoms in total. The molecule has 0 aliphatic carbocycles. The van der Waals surface area contributed by atoms with E-state index in [0.29, 0.717) is 25.0 Å². The molecule has 0 N–H and O–H groups in total. The number of rotatable bonds is 7. The van der Waals surface area contributed by atoms with Crippen LogP contribution in [0.2, 0.25) is 0 Å². The van der Waals surface area contributed by atoms with Crippen molar-refractivity contribution in [1.82, 2.24) is 9.55 Å². The molecule has 0 amide bonds. The van der Waals surface area contributed by atoms with Gasteiger partial charge in [0, 0.05) is 24.5 Å². The molecule has 2 aromatic carbocycles. The molecule has 29 heavy (non-hydrogen) atoms. The predicted octanol–water partition coefficient (Wildman–Crippen LogP) is 4.37. The quantitative estimate of drug-likeness (QED) is 0.457. The van der Waals surface area contributed by atoms with E-state index in [1.54, 1.807) is 18.8 Å². The number of ether oxygens (including phenoxy) is 2. The van der Waals surface area contributed by atoms with E-state index in [1.165, 1.54) is 11.3 Å². The van der Waals surface area contributed by atoms with Gasteiger partial charge in [0.25, 0.3) is 5.56 Å². The van der Waals surface area contributed by atoms with Gasteiger partial charge in [-0.2, -0.15) is 0 Å². The van der Waals surface area contributed by atoms with Gasteiger partial charge in [-0.3, -0.25) is 9.36 Å². The van der Waals surface area contributed by atoms with E-state index in [-0.39, 0.29) is 5.56 Å². The monoisotopic (exact) mass is 406 g/mol. The lowest BCUT2D eigenvalue weighted by Crippen LogP contribution is -2.27. The average Bonchev–Trinajstić information content (AvgIpc) is 3.19. The fourth-order valence-electron chi connectivity index (χ4n) is 3.37. The molecule has 4 rings (SSSR count). The first-order valence-corrected chi connectivity index (χ1v) is 10.3. The number of benzene rings is 2. The van der Waals surface area contributed by atoms with E-state index >= 15 is 0 Å². The average molecular weight is 407 g/mol. The van der Waals surface area contributed by atoms with Crippen molar-refractivity contribution in [2.24, 2.45) is 0 Å². The normalized spacial score (nSPS) is 11.1. The number of thiophene rings is 1. The Morgan fingerprint density at radius 2 is 1.79 bits per heavy atom. The van der Waals surface area contributed by atoms with Crippen molar-refractivity contribution in [2.75, 3.05) is 20.8 Å². The SMILES string of the molecule is COCCn1c(Cc2ccc(OC)cc2)nc2scc(-c3ccccc3)c2c1=O. The van der Waals surface area contributed by atoms with E-state index < -0.39 is 0 Å². The van der Waals surface area contributed by atoms with Crippen molar-refractivity contribution in [2.45, 2.75) is 13.0 Å². The van der Waals surface area contributed by atoms with Crippen molar-refractivity contribution < 1.29 is 9.47 Å². The molecule has 0 atom stereocenters. The summed E-state index contributed by atoms with van der Waals surface area (Å²) in [5.41, 5.74) is 3.02. The molecular weight excluding hydrogens is 384 g/mol. The number of fused-ring (bicyclic) bond motifs is 1. The number of hydrogen-bond donors (Lipinski definition) is 0. The maximum Gasteiger partial charge on any atom is 0.262 e. The van der Waals surface area contributed by atoms with Crippen LogP contribution in [0.15, 0.2) is 64.8 Å². The van der Waals surface area contributed by atoms with Gasteiger partial charge in [0.1, 0.15) is 16.4 Å². The molecule has 0 aliphatic heterocycles. The van der Waals surface area contributed by atoms with Crippen molar-refractivity contribution in [1.29, 1.82) is 0 Å². The number of nitrogens with zero attached hydrogens (tertiary/aromatic N) is 2. The number of aromatic nitrogens is 2. The van der Waals surface area contributed by atoms with Crippen molar-refractivity contribution >= 4 is 21.6 Å². The molecule has 4 aromatic rings. The first kappa shape index (κ1) is 19.4. The van der Waals surface area contributed by atoms with E-state index in [9.17, 15) is 4.79 Å². The molecule has 0 spiro atoms. The minimum Gasteiger partial charge on any atom is -0.497 e. The standard InChI is InChI=1S/C23H22N2O3S/c1-27-13-12-25-20(14-16-8-10-18(28-2)11-9-16)24-22-21(23(25)26)19(15-29-22)17-6-4-3-5-7-17/h3-11,15H,12-14H2,1-2H3. The molecule has 0 saturated heterocycles. The highest BCUT2D eigenvalue weighted by atomic mass is 32.1. The number of methoxy groups -OCH3 is 2. The summed E-state index contributed by atoms with van der Waals surface area (Å²) in [4.78, 5) is 19.1. The summed E-state index contributed by atoms with van der Waals surface area (Å²) in [7, 11) is 3.29. The third kappa shape index (κ3) is 3.95. The third-order valence-electron chi connectivity index (χ3n) is 4.90. The van der Waals surface area contributed by atoms with E-state index in [2.05, 4.69) is 0 Å². The maximum absolute atomic E-state index is 13.5. The molecule has 0 radical (unpaired) electrons. The second-order valence-corrected chi connectivity index (χ2v) is 7.56. The van der Waals surface area contributed by atoms with Crippen molar-refractivity contribution in [3.05, 3.63) is 81.7 Å². The van der Waals surface area contributed by atoms with Gasteiger partial charge in [-0.05, 0) is 23.3 Å². The van der Waals surface area contributed by atoms with Gasteiger partial charge in [-0.1, -0.05) is 42.5 Å². The molecule has 6 heteroatoms. The van der Waals surface area contributed by atoms with Crippen LogP contribution >= 0.6 is 11.3 Å². The maximum atomic E-state index is 13.5. The summed E-state index contributed by atoms with van der Waals surface area (Å²) in [6, 6.07) is 17.8. The van der Waals surface area contributed by atoms with Crippen LogP contribution in [0.5, 0.6) is 5.75 Å². The molecule has 0 unspecified atom stereocenters. The topological polar surface area (TPSA) is 53.4 Å². The largest absolute Gasteiger partial charge is 0.497 e. The van der Waals surface area contributed by atoms with Gasteiger partial charge in [-0.25, -0.2) is 4.98 Å². The van der Waals surface area contributed by atoms with E-state index in [4.69, 9.17) is 14.5 Å². The highest BCUT2D eigenvalue weighted by Crippen LogP contribution is 2.31. The summed E-state index contributed by atoms with van der Waals surface area (Å²) in [6.07, 6.45) is 0.567. The molecule has 0 bridgehead atoms.